The number of nitrogens with zero attached hydrogens (tertiary/aromatic N) is 1. The summed E-state index contributed by atoms with van der Waals surface area (Å²) >= 11 is 3.36. The van der Waals surface area contributed by atoms with E-state index in [4.69, 9.17) is 4.74 Å². The highest BCUT2D eigenvalue weighted by Gasteiger charge is 2.39. The molecule has 0 aliphatic carbocycles. The number of hydrogen-bond acceptors (Lipinski definition) is 4. The molecule has 156 valence electrons. The lowest BCUT2D eigenvalue weighted by Crippen LogP contribution is -2.32. The predicted octanol–water partition coefficient (Wildman–Crippen LogP) is 4.34. The molecule has 10 heteroatoms. The Morgan fingerprint density at radius 1 is 1.14 bits per heavy atom. The van der Waals surface area contributed by atoms with Crippen molar-refractivity contribution in [2.75, 3.05) is 6.26 Å². The number of rotatable bonds is 4. The van der Waals surface area contributed by atoms with Crippen molar-refractivity contribution in [3.63, 3.8) is 0 Å². The third-order valence-corrected chi connectivity index (χ3v) is 6.16. The van der Waals surface area contributed by atoms with Crippen molar-refractivity contribution in [3.05, 3.63) is 57.6 Å². The Morgan fingerprint density at radius 3 is 2.41 bits per heavy atom. The van der Waals surface area contributed by atoms with Crippen LogP contribution < -0.4 is 4.74 Å². The first-order valence-electron chi connectivity index (χ1n) is 8.50. The number of amides is 1. The normalized spacial score (nSPS) is 15.2. The molecule has 0 radical (unpaired) electrons. The molecule has 0 aromatic heterocycles. The monoisotopic (exact) mass is 491 g/mol. The van der Waals surface area contributed by atoms with Crippen molar-refractivity contribution in [2.45, 2.75) is 37.2 Å². The van der Waals surface area contributed by atoms with Gasteiger partial charge in [-0.25, -0.2) is 8.42 Å². The molecular weight excluding hydrogens is 475 g/mol. The van der Waals surface area contributed by atoms with Gasteiger partial charge in [0.05, 0.1) is 10.5 Å². The molecule has 1 heterocycles. The number of fused-ring (bicyclic) bond motifs is 1. The smallest absolute Gasteiger partial charge is 0.425 e. The molecule has 0 bridgehead atoms. The van der Waals surface area contributed by atoms with Crippen LogP contribution in [-0.2, 0) is 22.9 Å². The van der Waals surface area contributed by atoms with E-state index in [-0.39, 0.29) is 29.3 Å². The Morgan fingerprint density at radius 2 is 1.79 bits per heavy atom. The topological polar surface area (TPSA) is 63.7 Å². The summed E-state index contributed by atoms with van der Waals surface area (Å²) in [4.78, 5) is 14.4. The maximum Gasteiger partial charge on any atom is 0.425 e. The average Bonchev–Trinajstić information content (AvgIpc) is 3.02. The summed E-state index contributed by atoms with van der Waals surface area (Å²) in [5, 5.41) is 0. The minimum atomic E-state index is -4.63. The number of carbonyl (C=O) groups is 1. The minimum Gasteiger partial charge on any atom is -0.480 e. The van der Waals surface area contributed by atoms with Crippen LogP contribution in [0, 0.1) is 0 Å². The molecule has 29 heavy (non-hydrogen) atoms. The highest BCUT2D eigenvalue weighted by Crippen LogP contribution is 2.32. The molecule has 1 atom stereocenters. The van der Waals surface area contributed by atoms with Gasteiger partial charge in [-0.15, -0.1) is 0 Å². The largest absolute Gasteiger partial charge is 0.480 e. The fourth-order valence-corrected chi connectivity index (χ4v) is 4.00. The molecule has 0 saturated heterocycles. The second-order valence-corrected chi connectivity index (χ2v) is 9.74. The van der Waals surface area contributed by atoms with Crippen LogP contribution in [0.4, 0.5) is 13.2 Å². The number of sulfone groups is 1. The molecule has 5 nitrogen and oxygen atoms in total. The van der Waals surface area contributed by atoms with E-state index in [9.17, 15) is 26.4 Å². The van der Waals surface area contributed by atoms with Crippen LogP contribution >= 0.6 is 15.9 Å². The van der Waals surface area contributed by atoms with Gasteiger partial charge in [-0.1, -0.05) is 22.0 Å². The van der Waals surface area contributed by atoms with E-state index in [1.165, 1.54) is 4.90 Å². The third-order valence-electron chi connectivity index (χ3n) is 4.55. The molecule has 1 aliphatic rings. The summed E-state index contributed by atoms with van der Waals surface area (Å²) in [7, 11) is -3.67. The van der Waals surface area contributed by atoms with E-state index in [0.717, 1.165) is 47.0 Å². The lowest BCUT2D eigenvalue weighted by Gasteiger charge is -2.22. The van der Waals surface area contributed by atoms with Crippen LogP contribution in [-0.4, -0.2) is 37.8 Å². The number of alkyl halides is 3. The van der Waals surface area contributed by atoms with Crippen molar-refractivity contribution in [3.8, 4) is 5.75 Å². The molecule has 1 amide bonds. The Kier molecular flexibility index (Phi) is 5.70. The average molecular weight is 492 g/mol. The van der Waals surface area contributed by atoms with Gasteiger partial charge in [0, 0.05) is 23.8 Å². The summed E-state index contributed by atoms with van der Waals surface area (Å²) in [6.07, 6.45) is -5.84. The van der Waals surface area contributed by atoms with E-state index in [0.29, 0.717) is 0 Å². The Hall–Kier alpha value is -2.07. The second-order valence-electron chi connectivity index (χ2n) is 6.81. The lowest BCUT2D eigenvalue weighted by molar-refractivity contribution is -0.189. The van der Waals surface area contributed by atoms with Gasteiger partial charge in [-0.2, -0.15) is 13.2 Å². The van der Waals surface area contributed by atoms with Crippen molar-refractivity contribution in [1.82, 2.24) is 4.90 Å². The van der Waals surface area contributed by atoms with Gasteiger partial charge in [0.2, 0.25) is 0 Å². The number of hydrogen-bond donors (Lipinski definition) is 0. The van der Waals surface area contributed by atoms with Gasteiger partial charge in [0.25, 0.3) is 5.91 Å². The first-order valence-corrected chi connectivity index (χ1v) is 11.2. The van der Waals surface area contributed by atoms with E-state index in [1.54, 1.807) is 0 Å². The molecule has 2 aromatic carbocycles. The molecule has 0 fully saturated rings. The zero-order chi connectivity index (χ0) is 21.6. The highest BCUT2D eigenvalue weighted by molar-refractivity contribution is 9.10. The van der Waals surface area contributed by atoms with Crippen LogP contribution in [0.15, 0.2) is 45.8 Å². The number of halogens is 4. The van der Waals surface area contributed by atoms with Gasteiger partial charge >= 0.3 is 6.18 Å². The summed E-state index contributed by atoms with van der Waals surface area (Å²) in [5.41, 5.74) is 1.58. The minimum absolute atomic E-state index is 0.174. The zero-order valence-electron chi connectivity index (χ0n) is 15.5. The molecule has 2 aromatic rings. The Balaban J connectivity index is 1.98. The van der Waals surface area contributed by atoms with Crippen molar-refractivity contribution in [2.24, 2.45) is 0 Å². The second kappa shape index (κ2) is 7.64. The summed E-state index contributed by atoms with van der Waals surface area (Å²) in [6, 6.07) is 8.82. The van der Waals surface area contributed by atoms with Crippen LogP contribution in [0.5, 0.6) is 5.75 Å². The van der Waals surface area contributed by atoms with E-state index in [1.807, 2.05) is 18.2 Å². The van der Waals surface area contributed by atoms with E-state index >= 15 is 0 Å². The number of benzene rings is 2. The summed E-state index contributed by atoms with van der Waals surface area (Å²) in [6.45, 7) is 1.34. The zero-order valence-corrected chi connectivity index (χ0v) is 17.9. The standard InChI is InChI=1S/C19H17BrF3NO4S/c1-11(19(21,22)23)28-17-6-5-15(29(2,26)27)8-16(17)18(25)24-9-12-3-4-14(20)7-13(12)10-24/h3-8,11H,9-10H2,1-2H3. The maximum absolute atomic E-state index is 13.1. The van der Waals surface area contributed by atoms with Crippen molar-refractivity contribution >= 4 is 31.7 Å². The molecular formula is C19H17BrF3NO4S. The van der Waals surface area contributed by atoms with Gasteiger partial charge in [0.15, 0.2) is 15.9 Å². The molecule has 0 spiro atoms. The first-order chi connectivity index (χ1) is 13.4. The van der Waals surface area contributed by atoms with Gasteiger partial charge in [-0.05, 0) is 48.4 Å². The number of ether oxygens (including phenoxy) is 1. The van der Waals surface area contributed by atoms with Gasteiger partial charge < -0.3 is 9.64 Å². The number of carbonyl (C=O) groups excluding carboxylic acids is 1. The maximum atomic E-state index is 13.1. The molecule has 0 saturated carbocycles. The van der Waals surface area contributed by atoms with Crippen LogP contribution in [0.2, 0.25) is 0 Å². The Bertz CT molecular complexity index is 1070. The third kappa shape index (κ3) is 4.75. The molecule has 3 rings (SSSR count). The van der Waals surface area contributed by atoms with E-state index in [2.05, 4.69) is 15.9 Å². The van der Waals surface area contributed by atoms with Crippen molar-refractivity contribution < 1.29 is 31.1 Å². The first kappa shape index (κ1) is 21.6. The van der Waals surface area contributed by atoms with Crippen molar-refractivity contribution in [1.29, 1.82) is 0 Å². The lowest BCUT2D eigenvalue weighted by atomic mass is 10.1. The highest BCUT2D eigenvalue weighted by atomic mass is 79.9. The molecule has 1 aliphatic heterocycles. The molecule has 1 unspecified atom stereocenters. The van der Waals surface area contributed by atoms with Gasteiger partial charge in [0.1, 0.15) is 5.75 Å². The SMILES string of the molecule is CC(Oc1ccc(S(C)(=O)=O)cc1C(=O)N1Cc2ccc(Br)cc2C1)C(F)(F)F. The molecule has 0 N–H and O–H groups in total. The van der Waals surface area contributed by atoms with Crippen LogP contribution in [0.1, 0.15) is 28.4 Å². The predicted molar refractivity (Wildman–Crippen MR) is 103 cm³/mol. The Labute approximate surface area is 174 Å². The quantitative estimate of drug-likeness (QED) is 0.638. The summed E-state index contributed by atoms with van der Waals surface area (Å²) < 4.78 is 68.4. The van der Waals surface area contributed by atoms with E-state index < -0.39 is 28.0 Å². The summed E-state index contributed by atoms with van der Waals surface area (Å²) in [5.74, 6) is -0.920. The van der Waals surface area contributed by atoms with Gasteiger partial charge in [-0.3, -0.25) is 4.79 Å². The fourth-order valence-electron chi connectivity index (χ4n) is 2.94. The van der Waals surface area contributed by atoms with Crippen LogP contribution in [0.3, 0.4) is 0 Å². The fraction of sp³-hybridized carbons (Fsp3) is 0.316. The van der Waals surface area contributed by atoms with Crippen LogP contribution in [0.25, 0.3) is 0 Å².